The topological polar surface area (TPSA) is 14.8 Å². The molecule has 328 valence electrons. The zero-order valence-corrected chi connectivity index (χ0v) is 39.3. The molecule has 70 heavy (non-hydrogen) atoms. The first-order chi connectivity index (χ1) is 34.8. The van der Waals surface area contributed by atoms with Crippen LogP contribution in [0.25, 0.3) is 93.6 Å². The van der Waals surface area contributed by atoms with Crippen LogP contribution in [0, 0.1) is 0 Å². The van der Waals surface area contributed by atoms with Crippen molar-refractivity contribution < 1.29 is 0 Å². The fourth-order valence-electron chi connectivity index (χ4n) is 11.8. The third-order valence-corrected chi connectivity index (χ3v) is 19.6. The van der Waals surface area contributed by atoms with Crippen LogP contribution in [0.2, 0.25) is 0 Å². The second-order valence-electron chi connectivity index (χ2n) is 18.4. The first-order valence-electron chi connectivity index (χ1n) is 24.2. The van der Waals surface area contributed by atoms with Crippen LogP contribution in [0.4, 0.5) is 0 Å². The largest absolute Gasteiger partial charge is 0.309 e. The Morgan fingerprint density at radius 3 is 1.21 bits per heavy atom. The Labute approximate surface area is 407 Å². The van der Waals surface area contributed by atoms with Crippen LogP contribution >= 0.6 is 0 Å². The van der Waals surface area contributed by atoms with Gasteiger partial charge < -0.3 is 13.7 Å². The van der Waals surface area contributed by atoms with E-state index in [-0.39, 0.29) is 0 Å². The number of nitrogens with zero attached hydrogens (tertiary/aromatic N) is 3. The maximum absolute atomic E-state index is 2.76. The first kappa shape index (κ1) is 40.1. The summed E-state index contributed by atoms with van der Waals surface area (Å²) < 4.78 is 7.33. The molecule has 0 fully saturated rings. The second-order valence-corrected chi connectivity index (χ2v) is 22.2. The zero-order valence-electron chi connectivity index (χ0n) is 38.3. The van der Waals surface area contributed by atoms with Crippen molar-refractivity contribution in [3.8, 4) is 28.2 Å². The fraction of sp³-hybridized carbons (Fsp3) is 0. The average Bonchev–Trinajstić information content (AvgIpc) is 4.07. The molecule has 3 nitrogen and oxygen atoms in total. The molecular weight excluding hydrogens is 863 g/mol. The van der Waals surface area contributed by atoms with Gasteiger partial charge in [0.2, 0.25) is 0 Å². The minimum atomic E-state index is -2.76. The number of benzene rings is 11. The van der Waals surface area contributed by atoms with E-state index in [4.69, 9.17) is 0 Å². The molecule has 0 spiro atoms. The van der Waals surface area contributed by atoms with E-state index in [1.807, 2.05) is 0 Å². The third-order valence-electron chi connectivity index (χ3n) is 14.8. The fourth-order valence-corrected chi connectivity index (χ4v) is 16.6. The van der Waals surface area contributed by atoms with Gasteiger partial charge >= 0.3 is 0 Å². The van der Waals surface area contributed by atoms with Gasteiger partial charge in [-0.2, -0.15) is 0 Å². The van der Waals surface area contributed by atoms with Crippen LogP contribution in [-0.2, 0) is 0 Å². The van der Waals surface area contributed by atoms with Crippen LogP contribution in [0.1, 0.15) is 0 Å². The Morgan fingerprint density at radius 1 is 0.229 bits per heavy atom. The van der Waals surface area contributed by atoms with Gasteiger partial charge in [-0.1, -0.05) is 200 Å². The third kappa shape index (κ3) is 6.00. The highest BCUT2D eigenvalue weighted by Crippen LogP contribution is 2.41. The minimum Gasteiger partial charge on any atom is -0.309 e. The summed E-state index contributed by atoms with van der Waals surface area (Å²) in [5, 5.41) is 12.9. The highest BCUT2D eigenvalue weighted by atomic mass is 28.3. The van der Waals surface area contributed by atoms with Gasteiger partial charge in [0, 0.05) is 49.3 Å². The number of hydrogen-bond acceptors (Lipinski definition) is 0. The molecule has 0 N–H and O–H groups in total. The molecule has 0 bridgehead atoms. The lowest BCUT2D eigenvalue weighted by atomic mass is 10.0. The molecule has 14 rings (SSSR count). The van der Waals surface area contributed by atoms with Gasteiger partial charge in [0.25, 0.3) is 0 Å². The van der Waals surface area contributed by atoms with Gasteiger partial charge in [0.05, 0.1) is 38.8 Å². The van der Waals surface area contributed by atoms with E-state index in [0.717, 1.165) is 17.1 Å². The molecule has 0 aliphatic heterocycles. The summed E-state index contributed by atoms with van der Waals surface area (Å²) in [5.41, 5.74) is 13.0. The van der Waals surface area contributed by atoms with E-state index in [9.17, 15) is 0 Å². The molecule has 3 aromatic heterocycles. The van der Waals surface area contributed by atoms with Crippen LogP contribution in [0.5, 0.6) is 0 Å². The monoisotopic (exact) mass is 907 g/mol. The van der Waals surface area contributed by atoms with Crippen molar-refractivity contribution in [2.45, 2.75) is 0 Å². The molecule has 3 heterocycles. The lowest BCUT2D eigenvalue weighted by Crippen LogP contribution is -2.74. The van der Waals surface area contributed by atoms with E-state index in [0.29, 0.717) is 0 Å². The molecule has 0 aliphatic rings. The van der Waals surface area contributed by atoms with Gasteiger partial charge in [-0.25, -0.2) is 0 Å². The summed E-state index contributed by atoms with van der Waals surface area (Å²) >= 11 is 0. The van der Waals surface area contributed by atoms with E-state index in [1.165, 1.54) is 97.3 Å². The van der Waals surface area contributed by atoms with Crippen molar-refractivity contribution in [2.75, 3.05) is 0 Å². The van der Waals surface area contributed by atoms with Crippen LogP contribution in [0.15, 0.2) is 273 Å². The maximum Gasteiger partial charge on any atom is 0.179 e. The number of hydrogen-bond donors (Lipinski definition) is 0. The van der Waals surface area contributed by atoms with Gasteiger partial charge in [0.15, 0.2) is 8.07 Å². The summed E-state index contributed by atoms with van der Waals surface area (Å²) in [5.74, 6) is 0. The molecular formula is C66H45N3Si. The molecule has 0 unspecified atom stereocenters. The number of para-hydroxylation sites is 5. The van der Waals surface area contributed by atoms with Crippen molar-refractivity contribution in [2.24, 2.45) is 0 Å². The van der Waals surface area contributed by atoms with E-state index in [1.54, 1.807) is 0 Å². The molecule has 0 aliphatic carbocycles. The highest BCUT2D eigenvalue weighted by molar-refractivity contribution is 7.20. The van der Waals surface area contributed by atoms with Gasteiger partial charge in [0.1, 0.15) is 0 Å². The average molecular weight is 908 g/mol. The molecule has 0 amide bonds. The Hall–Kier alpha value is -8.96. The van der Waals surface area contributed by atoms with Crippen LogP contribution in [0.3, 0.4) is 0 Å². The molecule has 0 radical (unpaired) electrons. The Morgan fingerprint density at radius 2 is 0.629 bits per heavy atom. The zero-order chi connectivity index (χ0) is 46.2. The Balaban J connectivity index is 0.950. The predicted molar refractivity (Wildman–Crippen MR) is 299 cm³/mol. The van der Waals surface area contributed by atoms with Crippen molar-refractivity contribution in [3.63, 3.8) is 0 Å². The van der Waals surface area contributed by atoms with Crippen LogP contribution < -0.4 is 20.7 Å². The highest BCUT2D eigenvalue weighted by Gasteiger charge is 2.41. The van der Waals surface area contributed by atoms with Crippen molar-refractivity contribution in [3.05, 3.63) is 273 Å². The van der Waals surface area contributed by atoms with Crippen LogP contribution in [-0.4, -0.2) is 21.8 Å². The quantitative estimate of drug-likeness (QED) is 0.107. The molecule has 0 saturated heterocycles. The smallest absolute Gasteiger partial charge is 0.179 e. The predicted octanol–water partition coefficient (Wildman–Crippen LogP) is 14.0. The first-order valence-corrected chi connectivity index (χ1v) is 26.2. The number of fused-ring (bicyclic) bond motifs is 9. The normalized spacial score (nSPS) is 12.0. The van der Waals surface area contributed by atoms with E-state index in [2.05, 4.69) is 287 Å². The molecule has 11 aromatic carbocycles. The Kier molecular flexibility index (Phi) is 9.23. The molecule has 0 saturated carbocycles. The minimum absolute atomic E-state index is 1.14. The van der Waals surface area contributed by atoms with E-state index < -0.39 is 8.07 Å². The second kappa shape index (κ2) is 16.1. The molecule has 14 aromatic rings. The number of aromatic nitrogens is 3. The summed E-state index contributed by atoms with van der Waals surface area (Å²) in [4.78, 5) is 0. The van der Waals surface area contributed by atoms with E-state index >= 15 is 0 Å². The van der Waals surface area contributed by atoms with Gasteiger partial charge in [-0.05, 0) is 99.1 Å². The summed E-state index contributed by atoms with van der Waals surface area (Å²) in [6.07, 6.45) is 0. The summed E-state index contributed by atoms with van der Waals surface area (Å²) in [7, 11) is -2.76. The summed E-state index contributed by atoms with van der Waals surface area (Å²) in [6, 6.07) is 101. The van der Waals surface area contributed by atoms with Gasteiger partial charge in [-0.3, -0.25) is 0 Å². The SMILES string of the molecule is c1ccc(-n2c3ccccc3c3cc(-n4c5ccccc5c5cc(-c6ccccc6-n6c7ccccc7c7cc([Si](c8ccccc8)(c8ccccc8)c8ccccc8)ccc76)ccc54)ccc32)cc1. The number of rotatable bonds is 8. The molecule has 0 atom stereocenters. The molecule has 4 heteroatoms. The lowest BCUT2D eigenvalue weighted by molar-refractivity contribution is 1.16. The lowest BCUT2D eigenvalue weighted by Gasteiger charge is -2.34. The summed E-state index contributed by atoms with van der Waals surface area (Å²) in [6.45, 7) is 0. The van der Waals surface area contributed by atoms with Crippen molar-refractivity contribution in [1.29, 1.82) is 0 Å². The van der Waals surface area contributed by atoms with Gasteiger partial charge in [-0.15, -0.1) is 0 Å². The standard InChI is InChI=1S/C66H45N3Si/c1-5-21-47(22-6-1)67-61-34-18-15-31-55(61)58-44-48(38-41-65(58)67)68-62-35-19-14-30-54(62)57-43-46(37-40-64(57)68)53-29-13-17-33-60(53)69-63-36-20-16-32-56(63)59-45-52(39-42-66(59)69)70(49-23-7-2-8-24-49,50-25-9-3-10-26-50)51-27-11-4-12-28-51/h1-45H. The Bertz CT molecular complexity index is 4180. The maximum atomic E-state index is 2.52. The van der Waals surface area contributed by atoms with Crippen molar-refractivity contribution >= 4 is 94.2 Å². The van der Waals surface area contributed by atoms with Crippen molar-refractivity contribution in [1.82, 2.24) is 13.7 Å².